The van der Waals surface area contributed by atoms with E-state index in [4.69, 9.17) is 5.53 Å². The molecule has 0 spiro atoms. The number of carbonyl (C=O) groups is 1. The number of hydrogen-bond acceptors (Lipinski definition) is 3. The summed E-state index contributed by atoms with van der Waals surface area (Å²) in [6, 6.07) is 3.65. The van der Waals surface area contributed by atoms with E-state index in [2.05, 4.69) is 10.5 Å². The van der Waals surface area contributed by atoms with Crippen LogP contribution in [-0.4, -0.2) is 13.1 Å². The molecule has 0 saturated heterocycles. The quantitative estimate of drug-likeness (QED) is 0.615. The van der Waals surface area contributed by atoms with Crippen LogP contribution in [0, 0.1) is 11.3 Å². The molecule has 0 heterocycles. The van der Waals surface area contributed by atoms with Crippen molar-refractivity contribution in [1.29, 1.82) is 5.53 Å². The average Bonchev–Trinajstić information content (AvgIpc) is 3.15. The molecular weight excluding hydrogens is 223 g/mol. The summed E-state index contributed by atoms with van der Waals surface area (Å²) in [6.45, 7) is 0. The van der Waals surface area contributed by atoms with E-state index in [-0.39, 0.29) is 11.7 Å². The Kier molecular flexibility index (Phi) is 3.03. The van der Waals surface area contributed by atoms with E-state index in [0.29, 0.717) is 5.69 Å². The Morgan fingerprint density at radius 1 is 1.59 bits per heavy atom. The summed E-state index contributed by atoms with van der Waals surface area (Å²) >= 11 is 0. The van der Waals surface area contributed by atoms with Crippen molar-refractivity contribution in [1.82, 2.24) is 5.32 Å². The Hall–Kier alpha value is -1.98. The maximum absolute atomic E-state index is 13.2. The minimum atomic E-state index is -0.506. The number of carbonyl (C=O) groups excluding carboxylic acids is 1. The maximum atomic E-state index is 13.2. The summed E-state index contributed by atoms with van der Waals surface area (Å²) < 4.78 is 13.2. The van der Waals surface area contributed by atoms with Gasteiger partial charge in [-0.1, -0.05) is 5.22 Å². The van der Waals surface area contributed by atoms with Gasteiger partial charge in [0.15, 0.2) is 0 Å². The van der Waals surface area contributed by atoms with E-state index in [1.165, 1.54) is 25.2 Å². The van der Waals surface area contributed by atoms with Crippen molar-refractivity contribution in [2.75, 3.05) is 12.1 Å². The van der Waals surface area contributed by atoms with E-state index in [1.807, 2.05) is 0 Å². The summed E-state index contributed by atoms with van der Waals surface area (Å²) in [6.07, 6.45) is 1.96. The number of benzene rings is 1. The van der Waals surface area contributed by atoms with Gasteiger partial charge in [-0.25, -0.2) is 9.18 Å². The molecule has 0 radical (unpaired) electrons. The van der Waals surface area contributed by atoms with E-state index in [1.54, 1.807) is 0 Å². The lowest BCUT2D eigenvalue weighted by molar-refractivity contribution is 0.248. The second-order valence-corrected chi connectivity index (χ2v) is 3.94. The minimum Gasteiger partial charge on any atom is -0.339 e. The zero-order valence-corrected chi connectivity index (χ0v) is 9.40. The van der Waals surface area contributed by atoms with Gasteiger partial charge >= 0.3 is 6.03 Å². The molecule has 1 aromatic carbocycles. The Balaban J connectivity index is 2.41. The van der Waals surface area contributed by atoms with Gasteiger partial charge in [0.1, 0.15) is 5.82 Å². The van der Waals surface area contributed by atoms with Crippen molar-refractivity contribution in [3.05, 3.63) is 29.6 Å². The predicted molar refractivity (Wildman–Crippen MR) is 60.5 cm³/mol. The van der Waals surface area contributed by atoms with Crippen LogP contribution in [0.3, 0.4) is 0 Å². The van der Waals surface area contributed by atoms with Crippen LogP contribution in [0.1, 0.15) is 24.3 Å². The highest BCUT2D eigenvalue weighted by Crippen LogP contribution is 2.44. The molecule has 0 aromatic heterocycles. The lowest BCUT2D eigenvalue weighted by Crippen LogP contribution is -2.34. The van der Waals surface area contributed by atoms with Crippen LogP contribution in [0.2, 0.25) is 0 Å². The molecule has 0 bridgehead atoms. The molecule has 17 heavy (non-hydrogen) atoms. The highest BCUT2D eigenvalue weighted by atomic mass is 19.1. The first-order valence-electron chi connectivity index (χ1n) is 5.36. The summed E-state index contributed by atoms with van der Waals surface area (Å²) in [7, 11) is 1.46. The first-order chi connectivity index (χ1) is 8.17. The fraction of sp³-hybridized carbons (Fsp3) is 0.364. The predicted octanol–water partition coefficient (Wildman–Crippen LogP) is 2.79. The normalized spacial score (nSPS) is 14.2. The van der Waals surface area contributed by atoms with Gasteiger partial charge in [-0.2, -0.15) is 10.5 Å². The highest BCUT2D eigenvalue weighted by Gasteiger charge is 2.29. The zero-order chi connectivity index (χ0) is 12.4. The maximum Gasteiger partial charge on any atom is 0.343 e. The van der Waals surface area contributed by atoms with Gasteiger partial charge in [0.05, 0.1) is 5.69 Å². The summed E-state index contributed by atoms with van der Waals surface area (Å²) in [4.78, 5) is 11.5. The molecule has 2 rings (SSSR count). The molecule has 1 saturated carbocycles. The van der Waals surface area contributed by atoms with Crippen LogP contribution in [0.4, 0.5) is 14.9 Å². The van der Waals surface area contributed by atoms with Crippen molar-refractivity contribution in [3.8, 4) is 0 Å². The number of nitrogens with one attached hydrogen (secondary N) is 2. The van der Waals surface area contributed by atoms with Crippen molar-refractivity contribution in [3.63, 3.8) is 0 Å². The summed E-state index contributed by atoms with van der Waals surface area (Å²) in [5.74, 6) is -0.0629. The molecule has 0 aliphatic heterocycles. The van der Waals surface area contributed by atoms with E-state index < -0.39 is 6.03 Å². The largest absolute Gasteiger partial charge is 0.343 e. The standard InChI is InChI=1S/C11H13FN4O/c1-14-11(17)16(15-13)10-5-4-8(12)6-9(10)7-2-3-7/h4-7,13H,2-3H2,1H3,(H,14,17). The lowest BCUT2D eigenvalue weighted by Gasteiger charge is -2.18. The Labute approximate surface area is 98.1 Å². The third-order valence-electron chi connectivity index (χ3n) is 2.74. The summed E-state index contributed by atoms with van der Waals surface area (Å²) in [5, 5.41) is 6.51. The molecule has 6 heteroatoms. The molecular formula is C11H13FN4O. The Morgan fingerprint density at radius 2 is 2.29 bits per heavy atom. The molecule has 2 amide bonds. The molecule has 0 atom stereocenters. The minimum absolute atomic E-state index is 0.273. The van der Waals surface area contributed by atoms with Crippen LogP contribution >= 0.6 is 0 Å². The van der Waals surface area contributed by atoms with Gasteiger partial charge in [0.25, 0.3) is 0 Å². The van der Waals surface area contributed by atoms with E-state index in [9.17, 15) is 9.18 Å². The molecule has 1 aliphatic rings. The lowest BCUT2D eigenvalue weighted by atomic mass is 10.1. The SMILES string of the molecule is CNC(=O)N(N=N)c1ccc(F)cc1C1CC1. The molecule has 2 N–H and O–H groups in total. The van der Waals surface area contributed by atoms with Gasteiger partial charge in [-0.3, -0.25) is 0 Å². The monoisotopic (exact) mass is 236 g/mol. The second-order valence-electron chi connectivity index (χ2n) is 3.94. The topological polar surface area (TPSA) is 68.6 Å². The van der Waals surface area contributed by atoms with Crippen LogP contribution in [0.15, 0.2) is 23.4 Å². The summed E-state index contributed by atoms with van der Waals surface area (Å²) in [5.41, 5.74) is 8.25. The number of urea groups is 1. The van der Waals surface area contributed by atoms with Gasteiger partial charge in [0, 0.05) is 7.05 Å². The number of amides is 2. The Morgan fingerprint density at radius 3 is 2.82 bits per heavy atom. The Bertz CT molecular complexity index is 459. The number of halogens is 1. The molecule has 1 fully saturated rings. The van der Waals surface area contributed by atoms with Crippen LogP contribution < -0.4 is 10.3 Å². The number of anilines is 1. The first kappa shape index (κ1) is 11.5. The second kappa shape index (κ2) is 4.48. The van der Waals surface area contributed by atoms with Crippen molar-refractivity contribution >= 4 is 11.7 Å². The molecule has 5 nitrogen and oxygen atoms in total. The molecule has 1 aromatic rings. The smallest absolute Gasteiger partial charge is 0.339 e. The van der Waals surface area contributed by atoms with Crippen molar-refractivity contribution in [2.24, 2.45) is 5.22 Å². The van der Waals surface area contributed by atoms with Crippen molar-refractivity contribution in [2.45, 2.75) is 18.8 Å². The van der Waals surface area contributed by atoms with Gasteiger partial charge in [0.2, 0.25) is 0 Å². The van der Waals surface area contributed by atoms with Gasteiger partial charge in [-0.15, -0.1) is 0 Å². The van der Waals surface area contributed by atoms with Crippen molar-refractivity contribution < 1.29 is 9.18 Å². The molecule has 90 valence electrons. The number of nitrogens with zero attached hydrogens (tertiary/aromatic N) is 2. The van der Waals surface area contributed by atoms with Gasteiger partial charge < -0.3 is 5.32 Å². The average molecular weight is 236 g/mol. The van der Waals surface area contributed by atoms with Crippen LogP contribution in [0.5, 0.6) is 0 Å². The van der Waals surface area contributed by atoms with Crippen LogP contribution in [-0.2, 0) is 0 Å². The fourth-order valence-electron chi connectivity index (χ4n) is 1.75. The van der Waals surface area contributed by atoms with E-state index >= 15 is 0 Å². The van der Waals surface area contributed by atoms with Gasteiger partial charge in [-0.05, 0) is 42.5 Å². The molecule has 1 aliphatic carbocycles. The number of hydrogen-bond donors (Lipinski definition) is 2. The highest BCUT2D eigenvalue weighted by molar-refractivity contribution is 5.91. The zero-order valence-electron chi connectivity index (χ0n) is 9.40. The third-order valence-corrected chi connectivity index (χ3v) is 2.74. The third kappa shape index (κ3) is 2.25. The van der Waals surface area contributed by atoms with E-state index in [0.717, 1.165) is 23.4 Å². The fourth-order valence-corrected chi connectivity index (χ4v) is 1.75. The first-order valence-corrected chi connectivity index (χ1v) is 5.36. The molecule has 0 unspecified atom stereocenters. The number of rotatable bonds is 3. The van der Waals surface area contributed by atoms with Crippen LogP contribution in [0.25, 0.3) is 0 Å².